The van der Waals surface area contributed by atoms with E-state index < -0.39 is 10.0 Å². The molecule has 1 aromatic heterocycles. The number of hydrogen-bond donors (Lipinski definition) is 0. The molecule has 0 spiro atoms. The van der Waals surface area contributed by atoms with Gasteiger partial charge in [-0.1, -0.05) is 13.3 Å². The van der Waals surface area contributed by atoms with Crippen molar-refractivity contribution >= 4 is 33.0 Å². The van der Waals surface area contributed by atoms with Gasteiger partial charge in [0.05, 0.1) is 11.2 Å². The maximum Gasteiger partial charge on any atom is 0.254 e. The van der Waals surface area contributed by atoms with Crippen molar-refractivity contribution in [3.8, 4) is 0 Å². The van der Waals surface area contributed by atoms with Crippen molar-refractivity contribution < 1.29 is 8.42 Å². The lowest BCUT2D eigenvalue weighted by molar-refractivity contribution is 0.421. The number of unbranched alkanes of at least 4 members (excludes halogenated alkanes) is 1. The zero-order valence-electron chi connectivity index (χ0n) is 10.0. The highest BCUT2D eigenvalue weighted by molar-refractivity contribution is 7.91. The topological polar surface area (TPSA) is 50.3 Å². The van der Waals surface area contributed by atoms with Crippen LogP contribution in [-0.4, -0.2) is 36.7 Å². The number of halogens is 1. The van der Waals surface area contributed by atoms with E-state index in [0.717, 1.165) is 17.8 Å². The molecule has 7 heteroatoms. The van der Waals surface area contributed by atoms with E-state index in [1.807, 2.05) is 6.92 Å². The van der Waals surface area contributed by atoms with Gasteiger partial charge < -0.3 is 0 Å². The highest BCUT2D eigenvalue weighted by atomic mass is 35.5. The lowest BCUT2D eigenvalue weighted by Crippen LogP contribution is -2.33. The van der Waals surface area contributed by atoms with Crippen molar-refractivity contribution in [1.82, 2.24) is 9.29 Å². The molecule has 0 amide bonds. The highest BCUT2D eigenvalue weighted by Crippen LogP contribution is 2.22. The van der Waals surface area contributed by atoms with Crippen LogP contribution in [-0.2, 0) is 10.0 Å². The van der Waals surface area contributed by atoms with E-state index in [4.69, 9.17) is 11.6 Å². The molecular weight excluding hydrogens is 280 g/mol. The van der Waals surface area contributed by atoms with E-state index >= 15 is 0 Å². The molecule has 1 heterocycles. The van der Waals surface area contributed by atoms with Crippen LogP contribution >= 0.6 is 22.9 Å². The summed E-state index contributed by atoms with van der Waals surface area (Å²) in [6.07, 6.45) is 3.21. The minimum atomic E-state index is -3.41. The fourth-order valence-corrected chi connectivity index (χ4v) is 4.42. The average molecular weight is 297 g/mol. The summed E-state index contributed by atoms with van der Waals surface area (Å²) in [5.74, 6) is 0.306. The number of hydrogen-bond acceptors (Lipinski definition) is 4. The van der Waals surface area contributed by atoms with Gasteiger partial charge in [-0.05, 0) is 13.3 Å². The first-order valence-electron chi connectivity index (χ1n) is 5.51. The summed E-state index contributed by atoms with van der Waals surface area (Å²) in [7, 11) is -3.41. The van der Waals surface area contributed by atoms with Crippen LogP contribution in [0.1, 0.15) is 24.8 Å². The zero-order valence-corrected chi connectivity index (χ0v) is 12.4. The summed E-state index contributed by atoms with van der Waals surface area (Å²) in [5, 5.41) is 0.755. The first kappa shape index (κ1) is 14.9. The van der Waals surface area contributed by atoms with Gasteiger partial charge in [0.25, 0.3) is 10.0 Å². The molecular formula is C10H17ClN2O2S2. The lowest BCUT2D eigenvalue weighted by Gasteiger charge is -2.19. The predicted octanol–water partition coefficient (Wildman–Crippen LogP) is 2.48. The molecule has 0 saturated heterocycles. The Morgan fingerprint density at radius 2 is 2.18 bits per heavy atom. The Hall–Kier alpha value is -0.170. The molecule has 0 aliphatic heterocycles. The minimum Gasteiger partial charge on any atom is -0.249 e. The van der Waals surface area contributed by atoms with E-state index in [-0.39, 0.29) is 0 Å². The number of nitrogens with zero attached hydrogens (tertiary/aromatic N) is 2. The van der Waals surface area contributed by atoms with Crippen LogP contribution < -0.4 is 0 Å². The van der Waals surface area contributed by atoms with Crippen LogP contribution in [0.25, 0.3) is 0 Å². The second kappa shape index (κ2) is 6.68. The third-order valence-corrected chi connectivity index (χ3v) is 5.71. The zero-order chi connectivity index (χ0) is 12.9. The molecule has 0 saturated carbocycles. The maximum atomic E-state index is 12.3. The first-order valence-corrected chi connectivity index (χ1v) is 8.30. The number of rotatable bonds is 7. The number of sulfonamides is 1. The predicted molar refractivity (Wildman–Crippen MR) is 71.2 cm³/mol. The molecule has 0 aliphatic rings. The smallest absolute Gasteiger partial charge is 0.249 e. The molecule has 0 aromatic carbocycles. The van der Waals surface area contributed by atoms with Crippen molar-refractivity contribution in [3.63, 3.8) is 0 Å². The molecule has 0 bridgehead atoms. The van der Waals surface area contributed by atoms with Gasteiger partial charge in [0.15, 0.2) is 4.21 Å². The summed E-state index contributed by atoms with van der Waals surface area (Å²) in [4.78, 5) is 3.99. The van der Waals surface area contributed by atoms with Crippen LogP contribution in [0.2, 0.25) is 0 Å². The summed E-state index contributed by atoms with van der Waals surface area (Å²) < 4.78 is 26.3. The van der Waals surface area contributed by atoms with E-state index in [9.17, 15) is 8.42 Å². The molecule has 1 rings (SSSR count). The molecule has 0 unspecified atom stereocenters. The third-order valence-electron chi connectivity index (χ3n) is 2.29. The van der Waals surface area contributed by atoms with Crippen molar-refractivity contribution in [3.05, 3.63) is 11.2 Å². The van der Waals surface area contributed by atoms with Crippen LogP contribution in [0.4, 0.5) is 0 Å². The molecule has 98 valence electrons. The summed E-state index contributed by atoms with van der Waals surface area (Å²) in [6.45, 7) is 4.69. The van der Waals surface area contributed by atoms with Gasteiger partial charge in [-0.3, -0.25) is 0 Å². The lowest BCUT2D eigenvalue weighted by atomic mass is 10.3. The summed E-state index contributed by atoms with van der Waals surface area (Å²) >= 11 is 6.85. The Morgan fingerprint density at radius 1 is 1.47 bits per heavy atom. The van der Waals surface area contributed by atoms with Crippen molar-refractivity contribution in [1.29, 1.82) is 0 Å². The van der Waals surface area contributed by atoms with Crippen LogP contribution in [0.5, 0.6) is 0 Å². The Kier molecular flexibility index (Phi) is 5.85. The van der Waals surface area contributed by atoms with Crippen molar-refractivity contribution in [2.24, 2.45) is 0 Å². The molecule has 0 aliphatic carbocycles. The van der Waals surface area contributed by atoms with Crippen LogP contribution in [0.3, 0.4) is 0 Å². The highest BCUT2D eigenvalue weighted by Gasteiger charge is 2.25. The molecule has 17 heavy (non-hydrogen) atoms. The standard InChI is InChI=1S/C10H17ClN2O2S2/c1-3-4-6-13(7-5-11)17(14,15)10-8-12-9(2)16-10/h8H,3-7H2,1-2H3. The summed E-state index contributed by atoms with van der Waals surface area (Å²) in [6, 6.07) is 0. The Bertz CT molecular complexity index is 445. The maximum absolute atomic E-state index is 12.3. The van der Waals surface area contributed by atoms with Gasteiger partial charge in [-0.2, -0.15) is 4.31 Å². The Labute approximate surface area is 112 Å². The van der Waals surface area contributed by atoms with Crippen LogP contribution in [0, 0.1) is 6.92 Å². The van der Waals surface area contributed by atoms with Gasteiger partial charge in [-0.25, -0.2) is 13.4 Å². The fraction of sp³-hybridized carbons (Fsp3) is 0.700. The number of aryl methyl sites for hydroxylation is 1. The fourth-order valence-electron chi connectivity index (χ4n) is 1.37. The molecule has 1 aromatic rings. The molecule has 0 fully saturated rings. The van der Waals surface area contributed by atoms with Gasteiger partial charge in [0.1, 0.15) is 0 Å². The van der Waals surface area contributed by atoms with Crippen molar-refractivity contribution in [2.75, 3.05) is 19.0 Å². The Balaban J connectivity index is 2.91. The first-order chi connectivity index (χ1) is 8.02. The van der Waals surface area contributed by atoms with Crippen LogP contribution in [0.15, 0.2) is 10.4 Å². The average Bonchev–Trinajstić information content (AvgIpc) is 2.71. The van der Waals surface area contributed by atoms with Gasteiger partial charge >= 0.3 is 0 Å². The normalized spacial score (nSPS) is 12.2. The number of alkyl halides is 1. The quantitative estimate of drug-likeness (QED) is 0.726. The van der Waals surface area contributed by atoms with Gasteiger partial charge in [0, 0.05) is 19.0 Å². The van der Waals surface area contributed by atoms with Gasteiger partial charge in [-0.15, -0.1) is 22.9 Å². The second-order valence-corrected chi connectivity index (χ2v) is 7.42. The Morgan fingerprint density at radius 3 is 2.65 bits per heavy atom. The van der Waals surface area contributed by atoms with E-state index in [2.05, 4.69) is 4.98 Å². The second-order valence-electron chi connectivity index (χ2n) is 3.64. The molecule has 0 atom stereocenters. The largest absolute Gasteiger partial charge is 0.254 e. The van der Waals surface area contributed by atoms with Gasteiger partial charge in [0.2, 0.25) is 0 Å². The van der Waals surface area contributed by atoms with E-state index in [1.165, 1.54) is 21.8 Å². The summed E-state index contributed by atoms with van der Waals surface area (Å²) in [5.41, 5.74) is 0. The molecule has 4 nitrogen and oxygen atoms in total. The minimum absolute atomic E-state index is 0.302. The third kappa shape index (κ3) is 3.91. The SMILES string of the molecule is CCCCN(CCCl)S(=O)(=O)c1cnc(C)s1. The van der Waals surface area contributed by atoms with E-state index in [0.29, 0.717) is 23.2 Å². The van der Waals surface area contributed by atoms with E-state index in [1.54, 1.807) is 6.92 Å². The molecule has 0 radical (unpaired) electrons. The monoisotopic (exact) mass is 296 g/mol. The van der Waals surface area contributed by atoms with Crippen molar-refractivity contribution in [2.45, 2.75) is 30.9 Å². The number of thiazole rings is 1. The molecule has 0 N–H and O–H groups in total. The number of aromatic nitrogens is 1.